The third-order valence-corrected chi connectivity index (χ3v) is 1.77. The van der Waals surface area contributed by atoms with Gasteiger partial charge in [0.1, 0.15) is 0 Å². The third kappa shape index (κ3) is 2.02. The monoisotopic (exact) mass is 197 g/mol. The van der Waals surface area contributed by atoms with Crippen molar-refractivity contribution in [1.82, 2.24) is 0 Å². The van der Waals surface area contributed by atoms with Crippen LogP contribution >= 0.6 is 0 Å². The highest BCUT2D eigenvalue weighted by molar-refractivity contribution is 5.95. The highest BCUT2D eigenvalue weighted by atomic mass is 19.1. The molecule has 3 nitrogen and oxygen atoms in total. The molecule has 0 bridgehead atoms. The lowest BCUT2D eigenvalue weighted by Gasteiger charge is -2.08. The molecule has 0 saturated carbocycles. The minimum Gasteiger partial charge on any atom is -0.491 e. The molecule has 1 aromatic carbocycles. The van der Waals surface area contributed by atoms with E-state index in [1.165, 1.54) is 19.1 Å². The molecule has 0 aliphatic carbocycles. The maximum absolute atomic E-state index is 13.3. The molecule has 0 saturated heterocycles. The second-order valence-corrected chi connectivity index (χ2v) is 2.87. The van der Waals surface area contributed by atoms with Gasteiger partial charge in [-0.2, -0.15) is 0 Å². The van der Waals surface area contributed by atoms with Gasteiger partial charge in [0.25, 0.3) is 0 Å². The molecule has 0 amide bonds. The molecule has 0 aliphatic rings. The van der Waals surface area contributed by atoms with E-state index in [0.717, 1.165) is 0 Å². The van der Waals surface area contributed by atoms with Gasteiger partial charge in [-0.1, -0.05) is 0 Å². The molecule has 0 spiro atoms. The molecule has 0 unspecified atom stereocenters. The Morgan fingerprint density at radius 2 is 2.21 bits per heavy atom. The summed E-state index contributed by atoms with van der Waals surface area (Å²) in [7, 11) is 0. The Balaban J connectivity index is 3.20. The second-order valence-electron chi connectivity index (χ2n) is 2.87. The molecule has 0 heterocycles. The lowest BCUT2D eigenvalue weighted by Crippen LogP contribution is -2.02. The molecule has 76 valence electrons. The summed E-state index contributed by atoms with van der Waals surface area (Å²) < 4.78 is 18.3. The van der Waals surface area contributed by atoms with Gasteiger partial charge in [0.05, 0.1) is 12.3 Å². The summed E-state index contributed by atoms with van der Waals surface area (Å²) in [6.07, 6.45) is 0. The van der Waals surface area contributed by atoms with Crippen molar-refractivity contribution in [2.45, 2.75) is 13.8 Å². The van der Waals surface area contributed by atoms with Crippen molar-refractivity contribution in [3.63, 3.8) is 0 Å². The topological polar surface area (TPSA) is 52.3 Å². The summed E-state index contributed by atoms with van der Waals surface area (Å²) in [6.45, 7) is 3.45. The Morgan fingerprint density at radius 3 is 2.71 bits per heavy atom. The third-order valence-electron chi connectivity index (χ3n) is 1.77. The number of halogens is 1. The Morgan fingerprint density at radius 1 is 1.57 bits per heavy atom. The zero-order valence-electron chi connectivity index (χ0n) is 8.13. The molecule has 0 atom stereocenters. The van der Waals surface area contributed by atoms with Crippen LogP contribution in [-0.4, -0.2) is 12.4 Å². The quantitative estimate of drug-likeness (QED) is 0.595. The predicted octanol–water partition coefficient (Wildman–Crippen LogP) is 2.01. The number of carbonyl (C=O) groups is 1. The number of hydrogen-bond acceptors (Lipinski definition) is 3. The first kappa shape index (κ1) is 10.5. The van der Waals surface area contributed by atoms with Gasteiger partial charge in [0, 0.05) is 5.56 Å². The van der Waals surface area contributed by atoms with E-state index in [1.54, 1.807) is 6.92 Å². The fraction of sp³-hybridized carbons (Fsp3) is 0.300. The van der Waals surface area contributed by atoms with Crippen molar-refractivity contribution < 1.29 is 13.9 Å². The highest BCUT2D eigenvalue weighted by Gasteiger charge is 2.11. The van der Waals surface area contributed by atoms with Crippen molar-refractivity contribution in [3.05, 3.63) is 23.5 Å². The van der Waals surface area contributed by atoms with E-state index in [2.05, 4.69) is 0 Å². The number of rotatable bonds is 3. The number of carbonyl (C=O) groups excluding carboxylic acids is 1. The first-order valence-corrected chi connectivity index (χ1v) is 4.29. The minimum absolute atomic E-state index is 0.0256. The summed E-state index contributed by atoms with van der Waals surface area (Å²) in [5, 5.41) is 0. The van der Waals surface area contributed by atoms with Gasteiger partial charge in [0.2, 0.25) is 0 Å². The van der Waals surface area contributed by atoms with E-state index in [-0.39, 0.29) is 17.2 Å². The number of nitrogen functional groups attached to an aromatic ring is 1. The zero-order chi connectivity index (χ0) is 10.7. The van der Waals surface area contributed by atoms with E-state index in [4.69, 9.17) is 10.5 Å². The van der Waals surface area contributed by atoms with Crippen LogP contribution in [0.2, 0.25) is 0 Å². The SMILES string of the molecule is CCOc1cc(C(C)=O)cc(N)c1F. The van der Waals surface area contributed by atoms with E-state index < -0.39 is 5.82 Å². The fourth-order valence-corrected chi connectivity index (χ4v) is 1.08. The molecule has 0 radical (unpaired) electrons. The van der Waals surface area contributed by atoms with Crippen molar-refractivity contribution in [2.24, 2.45) is 0 Å². The van der Waals surface area contributed by atoms with Crippen LogP contribution in [0.15, 0.2) is 12.1 Å². The van der Waals surface area contributed by atoms with Gasteiger partial charge in [-0.05, 0) is 26.0 Å². The number of anilines is 1. The largest absolute Gasteiger partial charge is 0.491 e. The maximum Gasteiger partial charge on any atom is 0.187 e. The lowest BCUT2D eigenvalue weighted by atomic mass is 10.1. The number of ether oxygens (including phenoxy) is 1. The van der Waals surface area contributed by atoms with Gasteiger partial charge in [0.15, 0.2) is 17.3 Å². The Bertz CT molecular complexity index is 363. The van der Waals surface area contributed by atoms with Crippen molar-refractivity contribution in [1.29, 1.82) is 0 Å². The van der Waals surface area contributed by atoms with Crippen molar-refractivity contribution in [3.8, 4) is 5.75 Å². The van der Waals surface area contributed by atoms with Crippen molar-refractivity contribution >= 4 is 11.5 Å². The smallest absolute Gasteiger partial charge is 0.187 e. The summed E-state index contributed by atoms with van der Waals surface area (Å²) in [5.41, 5.74) is 5.67. The number of benzene rings is 1. The lowest BCUT2D eigenvalue weighted by molar-refractivity contribution is 0.101. The van der Waals surface area contributed by atoms with Gasteiger partial charge < -0.3 is 10.5 Å². The molecule has 2 N–H and O–H groups in total. The van der Waals surface area contributed by atoms with Gasteiger partial charge in [-0.25, -0.2) is 4.39 Å². The Labute approximate surface area is 81.7 Å². The number of nitrogens with two attached hydrogens (primary N) is 1. The number of hydrogen-bond donors (Lipinski definition) is 1. The normalized spacial score (nSPS) is 9.93. The average molecular weight is 197 g/mol. The van der Waals surface area contributed by atoms with Crippen LogP contribution in [-0.2, 0) is 0 Å². The van der Waals surface area contributed by atoms with Gasteiger partial charge in [-0.15, -0.1) is 0 Å². The summed E-state index contributed by atoms with van der Waals surface area (Å²) in [6, 6.07) is 2.66. The van der Waals surface area contributed by atoms with Crippen LogP contribution in [0.5, 0.6) is 5.75 Å². The highest BCUT2D eigenvalue weighted by Crippen LogP contribution is 2.25. The zero-order valence-corrected chi connectivity index (χ0v) is 8.13. The first-order valence-electron chi connectivity index (χ1n) is 4.29. The van der Waals surface area contributed by atoms with E-state index in [0.29, 0.717) is 12.2 Å². The van der Waals surface area contributed by atoms with E-state index >= 15 is 0 Å². The van der Waals surface area contributed by atoms with Crippen molar-refractivity contribution in [2.75, 3.05) is 12.3 Å². The maximum atomic E-state index is 13.3. The van der Waals surface area contributed by atoms with Crippen LogP contribution in [0.25, 0.3) is 0 Å². The van der Waals surface area contributed by atoms with Crippen LogP contribution < -0.4 is 10.5 Å². The number of ketones is 1. The Kier molecular flexibility index (Phi) is 3.06. The first-order chi connectivity index (χ1) is 6.56. The van der Waals surface area contributed by atoms with Gasteiger partial charge in [-0.3, -0.25) is 4.79 Å². The molecular weight excluding hydrogens is 185 g/mol. The molecule has 0 fully saturated rings. The van der Waals surface area contributed by atoms with E-state index in [1.807, 2.05) is 0 Å². The van der Waals surface area contributed by atoms with Gasteiger partial charge >= 0.3 is 0 Å². The molecule has 14 heavy (non-hydrogen) atoms. The average Bonchev–Trinajstić information content (AvgIpc) is 2.12. The van der Waals surface area contributed by atoms with Crippen LogP contribution in [0.1, 0.15) is 24.2 Å². The van der Waals surface area contributed by atoms with Crippen LogP contribution in [0.3, 0.4) is 0 Å². The second kappa shape index (κ2) is 4.09. The summed E-state index contributed by atoms with van der Waals surface area (Å²) in [4.78, 5) is 11.0. The summed E-state index contributed by atoms with van der Waals surface area (Å²) in [5.74, 6) is -0.757. The van der Waals surface area contributed by atoms with Crippen LogP contribution in [0.4, 0.5) is 10.1 Å². The van der Waals surface area contributed by atoms with Crippen LogP contribution in [0, 0.1) is 5.82 Å². The molecule has 1 aromatic rings. The van der Waals surface area contributed by atoms with E-state index in [9.17, 15) is 9.18 Å². The fourth-order valence-electron chi connectivity index (χ4n) is 1.08. The molecule has 0 aliphatic heterocycles. The molecule has 4 heteroatoms. The molecular formula is C10H12FNO2. The predicted molar refractivity (Wildman–Crippen MR) is 52.0 cm³/mol. The molecule has 0 aromatic heterocycles. The standard InChI is InChI=1S/C10H12FNO2/c1-3-14-9-5-7(6(2)13)4-8(12)10(9)11/h4-5H,3,12H2,1-2H3. The Hall–Kier alpha value is -1.58. The summed E-state index contributed by atoms with van der Waals surface area (Å²) >= 11 is 0. The number of Topliss-reactive ketones (excluding diaryl/α,β-unsaturated/α-hetero) is 1. The molecule has 1 rings (SSSR count). The minimum atomic E-state index is -0.614.